The minimum Gasteiger partial charge on any atom is -0.444 e. The van der Waals surface area contributed by atoms with Gasteiger partial charge in [0, 0.05) is 30.0 Å². The molecule has 5 aliphatic rings. The minimum absolute atomic E-state index is 0.00526. The zero-order chi connectivity index (χ0) is 36.7. The van der Waals surface area contributed by atoms with Crippen molar-refractivity contribution in [2.75, 3.05) is 6.54 Å². The van der Waals surface area contributed by atoms with Crippen LogP contribution < -0.4 is 20.7 Å². The van der Waals surface area contributed by atoms with E-state index in [0.717, 1.165) is 12.8 Å². The Bertz CT molecular complexity index is 1730. The van der Waals surface area contributed by atoms with Crippen molar-refractivity contribution >= 4 is 39.9 Å². The smallest absolute Gasteiger partial charge is 0.410 e. The summed E-state index contributed by atoms with van der Waals surface area (Å²) in [6, 6.07) is 1.84. The van der Waals surface area contributed by atoms with Crippen LogP contribution in [0.1, 0.15) is 89.7 Å². The summed E-state index contributed by atoms with van der Waals surface area (Å²) in [4.78, 5) is 71.0. The second kappa shape index (κ2) is 14.1. The highest BCUT2D eigenvalue weighted by atomic mass is 32.2. The molecule has 1 aromatic rings. The van der Waals surface area contributed by atoms with Gasteiger partial charge in [-0.25, -0.2) is 22.4 Å². The zero-order valence-corrected chi connectivity index (χ0v) is 30.0. The second-order valence-electron chi connectivity index (χ2n) is 15.4. The number of allylic oxidation sites excluding steroid dienone is 1. The Morgan fingerprint density at radius 2 is 1.82 bits per heavy atom. The van der Waals surface area contributed by atoms with Crippen molar-refractivity contribution in [1.82, 2.24) is 30.5 Å². The number of hydrogen-bond donors (Lipinski definition) is 4. The molecule has 2 saturated carbocycles. The van der Waals surface area contributed by atoms with Crippen molar-refractivity contribution < 1.29 is 41.5 Å². The third-order valence-electron chi connectivity index (χ3n) is 10.1. The normalized spacial score (nSPS) is 28.9. The molecule has 0 spiro atoms. The van der Waals surface area contributed by atoms with Crippen LogP contribution in [-0.4, -0.2) is 89.1 Å². The zero-order valence-electron chi connectivity index (χ0n) is 29.2. The van der Waals surface area contributed by atoms with Gasteiger partial charge in [-0.3, -0.25) is 24.0 Å². The van der Waals surface area contributed by atoms with Gasteiger partial charge in [0.05, 0.1) is 18.3 Å². The van der Waals surface area contributed by atoms with Crippen LogP contribution in [0.2, 0.25) is 0 Å². The summed E-state index contributed by atoms with van der Waals surface area (Å²) >= 11 is 0. The highest BCUT2D eigenvalue weighted by molar-refractivity contribution is 7.91. The van der Waals surface area contributed by atoms with Crippen molar-refractivity contribution in [2.45, 2.75) is 126 Å². The minimum atomic E-state index is -3.91. The predicted molar refractivity (Wildman–Crippen MR) is 183 cm³/mol. The summed E-state index contributed by atoms with van der Waals surface area (Å²) in [7, 11) is -3.91. The van der Waals surface area contributed by atoms with Crippen molar-refractivity contribution in [1.29, 1.82) is 0 Å². The Kier molecular flexibility index (Phi) is 10.1. The molecular formula is C35H47FN6O8S. The molecule has 0 radical (unpaired) electrons. The first kappa shape index (κ1) is 36.6. The Morgan fingerprint density at radius 3 is 2.53 bits per heavy atom. The molecule has 2 aliphatic carbocycles. The van der Waals surface area contributed by atoms with Gasteiger partial charge in [0.1, 0.15) is 29.5 Å². The summed E-state index contributed by atoms with van der Waals surface area (Å²) in [5, 5.41) is 7.72. The fourth-order valence-corrected chi connectivity index (χ4v) is 8.47. The lowest BCUT2D eigenvalue weighted by Crippen LogP contribution is -2.59. The number of fused-ring (bicyclic) bond motifs is 3. The SMILES string of the molecule is CC(C)(C)NC(=O)N[C@H]1CCCCC/C=C\[C@@H]2C[C@@]2(C(=O)NS(=O)(=O)C2CC2)NC(=O)C2C[C@@H](OC(=O)N3Cc4cccc(F)c4C3)CN2C1=O. The molecule has 6 amide bonds. The molecular weight excluding hydrogens is 683 g/mol. The molecule has 1 aromatic carbocycles. The summed E-state index contributed by atoms with van der Waals surface area (Å²) in [5.41, 5.74) is -1.08. The highest BCUT2D eigenvalue weighted by Crippen LogP contribution is 2.46. The van der Waals surface area contributed by atoms with Crippen molar-refractivity contribution in [3.05, 3.63) is 47.3 Å². The number of nitrogens with one attached hydrogen (secondary N) is 4. The van der Waals surface area contributed by atoms with E-state index in [-0.39, 0.29) is 32.5 Å². The van der Waals surface area contributed by atoms with Crippen LogP contribution in [0.25, 0.3) is 0 Å². The Labute approximate surface area is 297 Å². The monoisotopic (exact) mass is 730 g/mol. The molecule has 1 saturated heterocycles. The molecule has 0 bridgehead atoms. The van der Waals surface area contributed by atoms with Crippen molar-refractivity contribution in [3.63, 3.8) is 0 Å². The van der Waals surface area contributed by atoms with Crippen LogP contribution in [0.3, 0.4) is 0 Å². The van der Waals surface area contributed by atoms with Crippen LogP contribution in [0.5, 0.6) is 0 Å². The van der Waals surface area contributed by atoms with E-state index in [2.05, 4.69) is 20.7 Å². The van der Waals surface area contributed by atoms with Gasteiger partial charge in [-0.05, 0) is 70.9 Å². The van der Waals surface area contributed by atoms with Crippen LogP contribution >= 0.6 is 0 Å². The van der Waals surface area contributed by atoms with Gasteiger partial charge in [0.25, 0.3) is 5.91 Å². The first-order valence-electron chi connectivity index (χ1n) is 17.7. The van der Waals surface area contributed by atoms with E-state index < -0.39 is 86.1 Å². The number of carbonyl (C=O) groups is 5. The Hall–Kier alpha value is -4.21. The largest absolute Gasteiger partial charge is 0.444 e. The number of sulfonamides is 1. The lowest BCUT2D eigenvalue weighted by atomic mass is 10.0. The van der Waals surface area contributed by atoms with Gasteiger partial charge in [-0.2, -0.15) is 0 Å². The molecule has 3 heterocycles. The topological polar surface area (TPSA) is 183 Å². The van der Waals surface area contributed by atoms with E-state index in [0.29, 0.717) is 43.2 Å². The molecule has 6 rings (SSSR count). The maximum atomic E-state index is 14.4. The summed E-state index contributed by atoms with van der Waals surface area (Å²) in [6.07, 6.45) is 6.10. The molecule has 1 unspecified atom stereocenters. The third kappa shape index (κ3) is 8.31. The molecule has 278 valence electrons. The Balaban J connectivity index is 1.25. The summed E-state index contributed by atoms with van der Waals surface area (Å²) < 4.78 is 47.9. The average molecular weight is 731 g/mol. The van der Waals surface area contributed by atoms with Gasteiger partial charge in [-0.15, -0.1) is 0 Å². The molecule has 16 heteroatoms. The quantitative estimate of drug-likeness (QED) is 0.334. The Morgan fingerprint density at radius 1 is 1.06 bits per heavy atom. The van der Waals surface area contributed by atoms with Gasteiger partial charge in [0.15, 0.2) is 0 Å². The van der Waals surface area contributed by atoms with E-state index in [9.17, 15) is 36.8 Å². The highest BCUT2D eigenvalue weighted by Gasteiger charge is 2.62. The maximum Gasteiger partial charge on any atom is 0.410 e. The van der Waals surface area contributed by atoms with Gasteiger partial charge < -0.3 is 25.6 Å². The summed E-state index contributed by atoms with van der Waals surface area (Å²) in [5.74, 6) is -2.99. The van der Waals surface area contributed by atoms with Gasteiger partial charge in [-0.1, -0.05) is 37.1 Å². The molecule has 3 aliphatic heterocycles. The number of nitrogens with zero attached hydrogens (tertiary/aromatic N) is 2. The number of halogens is 1. The van der Waals surface area contributed by atoms with E-state index in [1.807, 2.05) is 12.2 Å². The van der Waals surface area contributed by atoms with Crippen molar-refractivity contribution in [3.8, 4) is 0 Å². The van der Waals surface area contributed by atoms with Crippen LogP contribution in [-0.2, 0) is 42.2 Å². The van der Waals surface area contributed by atoms with Gasteiger partial charge >= 0.3 is 12.1 Å². The fourth-order valence-electron chi connectivity index (χ4n) is 7.11. The van der Waals surface area contributed by atoms with E-state index >= 15 is 0 Å². The molecule has 51 heavy (non-hydrogen) atoms. The van der Waals surface area contributed by atoms with E-state index in [1.165, 1.54) is 15.9 Å². The first-order valence-corrected chi connectivity index (χ1v) is 19.3. The second-order valence-corrected chi connectivity index (χ2v) is 17.4. The fraction of sp³-hybridized carbons (Fsp3) is 0.629. The van der Waals surface area contributed by atoms with E-state index in [1.54, 1.807) is 32.9 Å². The van der Waals surface area contributed by atoms with Crippen LogP contribution in [0.15, 0.2) is 30.4 Å². The number of urea groups is 1. The van der Waals surface area contributed by atoms with E-state index in [4.69, 9.17) is 4.74 Å². The molecule has 14 nitrogen and oxygen atoms in total. The first-order chi connectivity index (χ1) is 24.1. The number of benzene rings is 1. The number of carbonyl (C=O) groups excluding carboxylic acids is 5. The standard InChI is InChI=1S/C35H47FN6O8S/c1-34(2,3)39-32(46)37-27-13-8-6-4-5-7-11-22-17-35(22,31(45)40-51(48,49)24-14-15-24)38-29(43)28-16-23(19-42(28)30(27)44)50-33(47)41-18-21-10-9-12-26(36)25(21)20-41/h7,9-12,22-24,27-28H,4-6,8,13-20H2,1-3H3,(H,38,43)(H,40,45)(H2,37,39,46)/b11-7-/t22-,23-,27+,28?,35-/m1/s1. The van der Waals surface area contributed by atoms with Gasteiger partial charge in [0.2, 0.25) is 21.8 Å². The number of amides is 6. The lowest BCUT2D eigenvalue weighted by molar-refractivity contribution is -0.141. The lowest BCUT2D eigenvalue weighted by Gasteiger charge is -2.30. The maximum absolute atomic E-state index is 14.4. The molecule has 4 N–H and O–H groups in total. The van der Waals surface area contributed by atoms with Crippen LogP contribution in [0.4, 0.5) is 14.0 Å². The molecule has 3 fully saturated rings. The predicted octanol–water partition coefficient (Wildman–Crippen LogP) is 2.72. The molecule has 0 aromatic heterocycles. The average Bonchev–Trinajstić information content (AvgIpc) is 3.93. The third-order valence-corrected chi connectivity index (χ3v) is 11.9. The number of ether oxygens (including phenoxy) is 1. The summed E-state index contributed by atoms with van der Waals surface area (Å²) in [6.45, 7) is 5.38. The van der Waals surface area contributed by atoms with Crippen LogP contribution in [0, 0.1) is 11.7 Å². The van der Waals surface area contributed by atoms with Crippen molar-refractivity contribution in [2.24, 2.45) is 5.92 Å². The number of rotatable bonds is 5. The molecule has 5 atom stereocenters. The number of hydrogen-bond acceptors (Lipinski definition) is 8.